The third-order valence-electron chi connectivity index (χ3n) is 5.21. The lowest BCUT2D eigenvalue weighted by Gasteiger charge is -2.25. The number of halogens is 3. The van der Waals surface area contributed by atoms with Gasteiger partial charge in [0.25, 0.3) is 0 Å². The van der Waals surface area contributed by atoms with E-state index in [1.54, 1.807) is 0 Å². The minimum absolute atomic E-state index is 0.229. The number of benzene rings is 1. The van der Waals surface area contributed by atoms with Crippen molar-refractivity contribution in [2.75, 3.05) is 6.54 Å². The molecule has 0 radical (unpaired) electrons. The largest absolute Gasteiger partial charge is 0.351 e. The molecule has 1 fully saturated rings. The summed E-state index contributed by atoms with van der Waals surface area (Å²) in [6.45, 7) is 3.21. The Morgan fingerprint density at radius 2 is 1.81 bits per heavy atom. The Hall–Kier alpha value is -3.13. The minimum atomic E-state index is -1.36. The maximum Gasteiger partial charge on any atom is 0.242 e. The monoisotopic (exact) mass is 453 g/mol. The number of nitriles is 1. The maximum absolute atomic E-state index is 14.2. The quantitative estimate of drug-likeness (QED) is 0.504. The lowest BCUT2D eigenvalue weighted by molar-refractivity contribution is -0.133. The van der Waals surface area contributed by atoms with E-state index in [0.29, 0.717) is 31.5 Å². The fourth-order valence-corrected chi connectivity index (χ4v) is 3.42. The zero-order chi connectivity index (χ0) is 24.0. The van der Waals surface area contributed by atoms with Gasteiger partial charge < -0.3 is 21.3 Å². The van der Waals surface area contributed by atoms with Crippen molar-refractivity contribution < 1.29 is 27.6 Å². The van der Waals surface area contributed by atoms with E-state index in [-0.39, 0.29) is 18.4 Å². The van der Waals surface area contributed by atoms with E-state index in [0.717, 1.165) is 0 Å². The molecule has 3 amide bonds. The van der Waals surface area contributed by atoms with E-state index in [2.05, 4.69) is 10.6 Å². The van der Waals surface area contributed by atoms with E-state index >= 15 is 0 Å². The Morgan fingerprint density at radius 1 is 1.16 bits per heavy atom. The lowest BCUT2D eigenvalue weighted by atomic mass is 10.0. The first-order valence-electron chi connectivity index (χ1n) is 10.2. The van der Waals surface area contributed by atoms with Crippen molar-refractivity contribution in [3.8, 4) is 6.07 Å². The molecule has 0 bridgehead atoms. The van der Waals surface area contributed by atoms with Crippen molar-refractivity contribution in [2.45, 2.75) is 63.7 Å². The summed E-state index contributed by atoms with van der Waals surface area (Å²) in [5.74, 6) is -5.32. The number of nitrogens with zero attached hydrogens (tertiary/aromatic N) is 2. The van der Waals surface area contributed by atoms with Gasteiger partial charge in [0.1, 0.15) is 17.9 Å². The van der Waals surface area contributed by atoms with Crippen molar-refractivity contribution in [2.24, 2.45) is 5.73 Å². The van der Waals surface area contributed by atoms with Crippen LogP contribution in [0.3, 0.4) is 0 Å². The van der Waals surface area contributed by atoms with Crippen LogP contribution in [0.25, 0.3) is 0 Å². The number of rotatable bonds is 8. The van der Waals surface area contributed by atoms with Gasteiger partial charge in [0.2, 0.25) is 17.7 Å². The second kappa shape index (κ2) is 10.9. The Bertz CT molecular complexity index is 919. The molecule has 1 aromatic carbocycles. The second-order valence-electron chi connectivity index (χ2n) is 7.86. The normalized spacial score (nSPS) is 18.4. The first-order valence-corrected chi connectivity index (χ1v) is 10.2. The smallest absolute Gasteiger partial charge is 0.242 e. The number of likely N-dealkylation sites (tertiary alicyclic amines) is 1. The van der Waals surface area contributed by atoms with Gasteiger partial charge in [0, 0.05) is 25.1 Å². The lowest BCUT2D eigenvalue weighted by Crippen LogP contribution is -2.52. The molecule has 4 atom stereocenters. The number of carbonyl (C=O) groups excluding carboxylic acids is 3. The molecule has 0 saturated carbocycles. The molecule has 1 aliphatic rings. The summed E-state index contributed by atoms with van der Waals surface area (Å²) in [5.41, 5.74) is 5.24. The summed E-state index contributed by atoms with van der Waals surface area (Å²) >= 11 is 0. The molecule has 0 spiro atoms. The van der Waals surface area contributed by atoms with Gasteiger partial charge in [-0.3, -0.25) is 14.4 Å². The molecule has 3 unspecified atom stereocenters. The van der Waals surface area contributed by atoms with Crippen molar-refractivity contribution in [3.05, 3.63) is 35.1 Å². The Kier molecular flexibility index (Phi) is 8.60. The molecular formula is C21H26F3N5O3. The van der Waals surface area contributed by atoms with Crippen LogP contribution in [0.5, 0.6) is 0 Å². The molecular weight excluding hydrogens is 427 g/mol. The molecule has 2 rings (SSSR count). The summed E-state index contributed by atoms with van der Waals surface area (Å²) in [6.07, 6.45) is 0.576. The number of amides is 3. The predicted octanol–water partition coefficient (Wildman–Crippen LogP) is 0.888. The van der Waals surface area contributed by atoms with Gasteiger partial charge in [0.05, 0.1) is 12.1 Å². The summed E-state index contributed by atoms with van der Waals surface area (Å²) in [6, 6.07) is -0.354. The Morgan fingerprint density at radius 3 is 2.44 bits per heavy atom. The van der Waals surface area contributed by atoms with E-state index in [1.807, 2.05) is 6.07 Å². The molecule has 4 N–H and O–H groups in total. The molecule has 1 heterocycles. The van der Waals surface area contributed by atoms with Crippen LogP contribution in [0, 0.1) is 28.8 Å². The Balaban J connectivity index is 2.19. The molecule has 1 aliphatic heterocycles. The Labute approximate surface area is 183 Å². The van der Waals surface area contributed by atoms with E-state index in [9.17, 15) is 32.8 Å². The highest BCUT2D eigenvalue weighted by Crippen LogP contribution is 2.20. The molecule has 8 nitrogen and oxygen atoms in total. The van der Waals surface area contributed by atoms with Gasteiger partial charge >= 0.3 is 0 Å². The minimum Gasteiger partial charge on any atom is -0.351 e. The highest BCUT2D eigenvalue weighted by atomic mass is 19.2. The van der Waals surface area contributed by atoms with E-state index in [4.69, 9.17) is 5.73 Å². The molecule has 0 aromatic heterocycles. The van der Waals surface area contributed by atoms with Crippen molar-refractivity contribution in [3.63, 3.8) is 0 Å². The number of hydrogen-bond acceptors (Lipinski definition) is 5. The average molecular weight is 453 g/mol. The number of nitrogens with one attached hydrogen (secondary N) is 2. The van der Waals surface area contributed by atoms with Crippen LogP contribution in [-0.2, 0) is 20.8 Å². The second-order valence-corrected chi connectivity index (χ2v) is 7.86. The average Bonchev–Trinajstić information content (AvgIpc) is 3.20. The highest BCUT2D eigenvalue weighted by Gasteiger charge is 2.31. The maximum atomic E-state index is 14.2. The van der Waals surface area contributed by atoms with Gasteiger partial charge in [-0.1, -0.05) is 0 Å². The molecule has 11 heteroatoms. The van der Waals surface area contributed by atoms with Crippen LogP contribution in [0.2, 0.25) is 0 Å². The van der Waals surface area contributed by atoms with Gasteiger partial charge in [-0.25, -0.2) is 13.2 Å². The zero-order valence-electron chi connectivity index (χ0n) is 17.8. The van der Waals surface area contributed by atoms with Gasteiger partial charge in [-0.05, 0) is 44.7 Å². The first kappa shape index (κ1) is 25.1. The van der Waals surface area contributed by atoms with Crippen LogP contribution in [0.15, 0.2) is 12.1 Å². The highest BCUT2D eigenvalue weighted by molar-refractivity contribution is 5.89. The van der Waals surface area contributed by atoms with E-state index < -0.39 is 59.3 Å². The fourth-order valence-electron chi connectivity index (χ4n) is 3.42. The summed E-state index contributed by atoms with van der Waals surface area (Å²) in [4.78, 5) is 38.4. The van der Waals surface area contributed by atoms with Crippen molar-refractivity contribution in [1.82, 2.24) is 15.5 Å². The number of hydrogen-bond donors (Lipinski definition) is 3. The van der Waals surface area contributed by atoms with Gasteiger partial charge in [0.15, 0.2) is 11.6 Å². The summed E-state index contributed by atoms with van der Waals surface area (Å²) in [5, 5.41) is 14.2. The van der Waals surface area contributed by atoms with E-state index in [1.165, 1.54) is 18.7 Å². The van der Waals surface area contributed by atoms with Crippen molar-refractivity contribution >= 4 is 17.7 Å². The molecule has 1 saturated heterocycles. The SMILES string of the molecule is CC(N)C(=O)NC(C)C(=O)N[C@@H](CC(=O)N1CCCC1C#N)Cc1cc(F)c(F)cc1F. The van der Waals surface area contributed by atoms with Crippen LogP contribution >= 0.6 is 0 Å². The molecule has 0 aliphatic carbocycles. The number of nitrogens with two attached hydrogens (primary N) is 1. The topological polar surface area (TPSA) is 128 Å². The zero-order valence-corrected chi connectivity index (χ0v) is 17.8. The van der Waals surface area contributed by atoms with Crippen molar-refractivity contribution in [1.29, 1.82) is 5.26 Å². The third-order valence-corrected chi connectivity index (χ3v) is 5.21. The van der Waals surface area contributed by atoms with Gasteiger partial charge in [-0.15, -0.1) is 0 Å². The van der Waals surface area contributed by atoms with Gasteiger partial charge in [-0.2, -0.15) is 5.26 Å². The standard InChI is InChI=1S/C21H26F3N5O3/c1-11(26)20(31)27-12(2)21(32)28-14(6-13-7-17(23)18(24)9-16(13)22)8-19(30)29-5-3-4-15(29)10-25/h7,9,11-12,14-15H,3-6,8,26H2,1-2H3,(H,27,31)(H,28,32)/t11?,12?,14-,15?/m1/s1. The van der Waals surface area contributed by atoms with Crippen LogP contribution < -0.4 is 16.4 Å². The van der Waals surface area contributed by atoms with Crippen LogP contribution in [0.1, 0.15) is 38.7 Å². The third kappa shape index (κ3) is 6.43. The molecule has 1 aromatic rings. The first-order chi connectivity index (χ1) is 15.0. The summed E-state index contributed by atoms with van der Waals surface area (Å²) in [7, 11) is 0. The summed E-state index contributed by atoms with van der Waals surface area (Å²) < 4.78 is 41.1. The van der Waals surface area contributed by atoms with Crippen LogP contribution in [0.4, 0.5) is 13.2 Å². The molecule has 174 valence electrons. The fraction of sp³-hybridized carbons (Fsp3) is 0.524. The molecule has 32 heavy (non-hydrogen) atoms. The number of carbonyl (C=O) groups is 3. The van der Waals surface area contributed by atoms with Crippen LogP contribution in [-0.4, -0.2) is 53.3 Å². The predicted molar refractivity (Wildman–Crippen MR) is 108 cm³/mol.